The molecule has 1 saturated heterocycles. The molecule has 0 spiro atoms. The summed E-state index contributed by atoms with van der Waals surface area (Å²) < 4.78 is 16.6. The first-order chi connectivity index (χ1) is 12.3. The lowest BCUT2D eigenvalue weighted by Crippen LogP contribution is -2.45. The predicted octanol–water partition coefficient (Wildman–Crippen LogP) is 1.99. The van der Waals surface area contributed by atoms with Crippen molar-refractivity contribution in [1.29, 1.82) is 0 Å². The van der Waals surface area contributed by atoms with E-state index >= 15 is 0 Å². The zero-order chi connectivity index (χ0) is 16.6. The van der Waals surface area contributed by atoms with Crippen molar-refractivity contribution in [1.82, 2.24) is 20.0 Å². The fourth-order valence-corrected chi connectivity index (χ4v) is 3.42. The lowest BCUT2D eigenvalue weighted by molar-refractivity contribution is 0.114. The number of ether oxygens (including phenoxy) is 2. The van der Waals surface area contributed by atoms with E-state index in [1.807, 2.05) is 6.07 Å². The van der Waals surface area contributed by atoms with E-state index in [0.717, 1.165) is 62.5 Å². The minimum absolute atomic E-state index is 0.329. The van der Waals surface area contributed by atoms with Gasteiger partial charge in [0.25, 0.3) is 0 Å². The van der Waals surface area contributed by atoms with Crippen LogP contribution in [0.1, 0.15) is 36.1 Å². The second-order valence-corrected chi connectivity index (χ2v) is 7.05. The third-order valence-electron chi connectivity index (χ3n) is 5.08. The van der Waals surface area contributed by atoms with Gasteiger partial charge in [-0.15, -0.1) is 10.2 Å². The van der Waals surface area contributed by atoms with E-state index in [-0.39, 0.29) is 0 Å². The van der Waals surface area contributed by atoms with Gasteiger partial charge in [-0.25, -0.2) is 0 Å². The van der Waals surface area contributed by atoms with Gasteiger partial charge in [0.05, 0.1) is 6.54 Å². The first kappa shape index (κ1) is 15.2. The highest BCUT2D eigenvalue weighted by Crippen LogP contribution is 2.39. The summed E-state index contributed by atoms with van der Waals surface area (Å²) in [5.74, 6) is 3.82. The maximum atomic E-state index is 5.77. The Balaban J connectivity index is 1.13. The maximum Gasteiger partial charge on any atom is 0.231 e. The van der Waals surface area contributed by atoms with Gasteiger partial charge in [0.15, 0.2) is 11.5 Å². The summed E-state index contributed by atoms with van der Waals surface area (Å²) in [4.78, 5) is 4.86. The third-order valence-corrected chi connectivity index (χ3v) is 5.08. The molecule has 5 rings (SSSR count). The molecule has 7 heteroatoms. The van der Waals surface area contributed by atoms with E-state index in [0.29, 0.717) is 12.7 Å². The molecular formula is C18H22N4O3. The average Bonchev–Trinajstić information content (AvgIpc) is 3.20. The Labute approximate surface area is 146 Å². The first-order valence-corrected chi connectivity index (χ1v) is 8.99. The summed E-state index contributed by atoms with van der Waals surface area (Å²) in [6, 6.07) is 6.21. The Morgan fingerprint density at radius 3 is 2.48 bits per heavy atom. The van der Waals surface area contributed by atoms with Gasteiger partial charge in [-0.05, 0) is 30.5 Å². The lowest BCUT2D eigenvalue weighted by Gasteiger charge is -2.33. The monoisotopic (exact) mass is 342 g/mol. The summed E-state index contributed by atoms with van der Waals surface area (Å²) in [6.45, 7) is 6.15. The van der Waals surface area contributed by atoms with Crippen molar-refractivity contribution in [2.24, 2.45) is 0 Å². The van der Waals surface area contributed by atoms with Crippen molar-refractivity contribution < 1.29 is 13.9 Å². The van der Waals surface area contributed by atoms with Crippen LogP contribution in [0.3, 0.4) is 0 Å². The zero-order valence-electron chi connectivity index (χ0n) is 14.2. The van der Waals surface area contributed by atoms with E-state index in [9.17, 15) is 0 Å². The summed E-state index contributed by atoms with van der Waals surface area (Å²) in [5.41, 5.74) is 1.27. The predicted molar refractivity (Wildman–Crippen MR) is 89.4 cm³/mol. The molecule has 25 heavy (non-hydrogen) atoms. The van der Waals surface area contributed by atoms with E-state index < -0.39 is 0 Å². The largest absolute Gasteiger partial charge is 0.454 e. The number of aromatic nitrogens is 2. The Morgan fingerprint density at radius 1 is 0.920 bits per heavy atom. The molecule has 0 atom stereocenters. The normalized spacial score (nSPS) is 21.0. The minimum Gasteiger partial charge on any atom is -0.454 e. The van der Waals surface area contributed by atoms with E-state index in [1.54, 1.807) is 0 Å². The van der Waals surface area contributed by atoms with Gasteiger partial charge in [-0.3, -0.25) is 9.80 Å². The molecule has 1 saturated carbocycles. The van der Waals surface area contributed by atoms with Crippen molar-refractivity contribution in [2.45, 2.75) is 31.8 Å². The van der Waals surface area contributed by atoms with Crippen LogP contribution in [0, 0.1) is 0 Å². The summed E-state index contributed by atoms with van der Waals surface area (Å²) >= 11 is 0. The van der Waals surface area contributed by atoms with E-state index in [2.05, 4.69) is 32.1 Å². The number of benzene rings is 1. The van der Waals surface area contributed by atoms with Gasteiger partial charge in [0, 0.05) is 38.6 Å². The van der Waals surface area contributed by atoms with Crippen LogP contribution in [0.5, 0.6) is 11.5 Å². The molecule has 3 aliphatic rings. The van der Waals surface area contributed by atoms with Crippen LogP contribution in [-0.2, 0) is 13.1 Å². The number of hydrogen-bond acceptors (Lipinski definition) is 7. The molecule has 1 aromatic heterocycles. The second kappa shape index (κ2) is 6.31. The van der Waals surface area contributed by atoms with Crippen LogP contribution in [0.4, 0.5) is 0 Å². The molecule has 1 aliphatic carbocycles. The number of fused-ring (bicyclic) bond motifs is 1. The van der Waals surface area contributed by atoms with Crippen molar-refractivity contribution in [3.05, 3.63) is 35.5 Å². The summed E-state index contributed by atoms with van der Waals surface area (Å²) in [6.07, 6.45) is 2.39. The summed E-state index contributed by atoms with van der Waals surface area (Å²) in [5, 5.41) is 8.36. The van der Waals surface area contributed by atoms with Gasteiger partial charge in [-0.2, -0.15) is 0 Å². The van der Waals surface area contributed by atoms with Crippen LogP contribution in [-0.4, -0.2) is 53.0 Å². The molecule has 2 aromatic rings. The molecule has 0 amide bonds. The van der Waals surface area contributed by atoms with Crippen molar-refractivity contribution in [2.75, 3.05) is 33.0 Å². The molecule has 132 valence electrons. The van der Waals surface area contributed by atoms with Gasteiger partial charge >= 0.3 is 0 Å². The quantitative estimate of drug-likeness (QED) is 0.823. The number of nitrogens with zero attached hydrogens (tertiary/aromatic N) is 4. The smallest absolute Gasteiger partial charge is 0.231 e. The molecule has 0 radical (unpaired) electrons. The number of piperazine rings is 1. The van der Waals surface area contributed by atoms with Crippen molar-refractivity contribution in [3.8, 4) is 11.5 Å². The molecule has 2 aliphatic heterocycles. The van der Waals surface area contributed by atoms with Gasteiger partial charge in [-0.1, -0.05) is 6.07 Å². The summed E-state index contributed by atoms with van der Waals surface area (Å²) in [7, 11) is 0. The highest BCUT2D eigenvalue weighted by molar-refractivity contribution is 5.44. The molecule has 0 bridgehead atoms. The molecule has 1 aromatic carbocycles. The standard InChI is InChI=1S/C18H22N4O3/c1-4-15-16(24-12-23-15)9-13(1)10-21-5-7-22(8-6-21)11-17-19-20-18(25-17)14-2-3-14/h1,4,9,14H,2-3,5-8,10-12H2. The molecule has 3 heterocycles. The fraction of sp³-hybridized carbons (Fsp3) is 0.556. The van der Waals surface area contributed by atoms with Crippen molar-refractivity contribution in [3.63, 3.8) is 0 Å². The van der Waals surface area contributed by atoms with Crippen LogP contribution < -0.4 is 9.47 Å². The van der Waals surface area contributed by atoms with Gasteiger partial charge in [0.1, 0.15) is 0 Å². The highest BCUT2D eigenvalue weighted by Gasteiger charge is 2.29. The Hall–Kier alpha value is -2.12. The molecule has 7 nitrogen and oxygen atoms in total. The Morgan fingerprint density at radius 2 is 1.68 bits per heavy atom. The number of hydrogen-bond donors (Lipinski definition) is 0. The average molecular weight is 342 g/mol. The van der Waals surface area contributed by atoms with Crippen LogP contribution in [0.2, 0.25) is 0 Å². The third kappa shape index (κ3) is 3.34. The van der Waals surface area contributed by atoms with E-state index in [1.165, 1.54) is 18.4 Å². The fourth-order valence-electron chi connectivity index (χ4n) is 3.42. The molecule has 0 unspecified atom stereocenters. The highest BCUT2D eigenvalue weighted by atomic mass is 16.7. The van der Waals surface area contributed by atoms with Gasteiger partial charge < -0.3 is 13.9 Å². The second-order valence-electron chi connectivity index (χ2n) is 7.05. The van der Waals surface area contributed by atoms with Gasteiger partial charge in [0.2, 0.25) is 18.6 Å². The Bertz CT molecular complexity index is 751. The number of rotatable bonds is 5. The first-order valence-electron chi connectivity index (χ1n) is 8.99. The van der Waals surface area contributed by atoms with E-state index in [4.69, 9.17) is 13.9 Å². The zero-order valence-corrected chi connectivity index (χ0v) is 14.2. The molecule has 0 N–H and O–H groups in total. The molecular weight excluding hydrogens is 320 g/mol. The minimum atomic E-state index is 0.329. The lowest BCUT2D eigenvalue weighted by atomic mass is 10.1. The maximum absolute atomic E-state index is 5.77. The Kier molecular flexibility index (Phi) is 3.83. The van der Waals surface area contributed by atoms with Crippen LogP contribution >= 0.6 is 0 Å². The molecule has 2 fully saturated rings. The topological polar surface area (TPSA) is 63.9 Å². The van der Waals surface area contributed by atoms with Crippen LogP contribution in [0.15, 0.2) is 22.6 Å². The SMILES string of the molecule is c1cc2c(cc1CN1CCN(Cc3nnc(C4CC4)o3)CC1)OCO2. The van der Waals surface area contributed by atoms with Crippen LogP contribution in [0.25, 0.3) is 0 Å². The van der Waals surface area contributed by atoms with Crippen molar-refractivity contribution >= 4 is 0 Å².